The van der Waals surface area contributed by atoms with Crippen LogP contribution in [0.2, 0.25) is 0 Å². The molecule has 1 saturated heterocycles. The molecule has 0 unspecified atom stereocenters. The molecule has 0 spiro atoms. The number of rotatable bonds is 4. The highest BCUT2D eigenvalue weighted by Gasteiger charge is 2.25. The van der Waals surface area contributed by atoms with Crippen LogP contribution in [-0.2, 0) is 6.54 Å². The van der Waals surface area contributed by atoms with E-state index in [0.29, 0.717) is 17.5 Å². The molecule has 0 amide bonds. The Balaban J connectivity index is 1.37. The van der Waals surface area contributed by atoms with Gasteiger partial charge in [0.05, 0.1) is 11.9 Å². The maximum Gasteiger partial charge on any atom is 0.278 e. The zero-order chi connectivity index (χ0) is 17.1. The Morgan fingerprint density at radius 1 is 1.08 bits per heavy atom. The largest absolute Gasteiger partial charge is 0.332 e. The maximum atomic E-state index is 5.39. The van der Waals surface area contributed by atoms with E-state index >= 15 is 0 Å². The topological polar surface area (TPSA) is 67.9 Å². The third kappa shape index (κ3) is 3.74. The van der Waals surface area contributed by atoms with E-state index in [2.05, 4.69) is 55.3 Å². The van der Waals surface area contributed by atoms with Gasteiger partial charge in [0.1, 0.15) is 5.69 Å². The fourth-order valence-corrected chi connectivity index (χ4v) is 3.20. The van der Waals surface area contributed by atoms with Gasteiger partial charge in [0.15, 0.2) is 5.82 Å². The van der Waals surface area contributed by atoms with Crippen molar-refractivity contribution in [2.75, 3.05) is 13.1 Å². The van der Waals surface area contributed by atoms with Crippen LogP contribution in [0.1, 0.15) is 35.8 Å². The lowest BCUT2D eigenvalue weighted by atomic mass is 9.96. The summed E-state index contributed by atoms with van der Waals surface area (Å²) in [6, 6.07) is 10.6. The summed E-state index contributed by atoms with van der Waals surface area (Å²) in [6.45, 7) is 5.00. The molecule has 3 heterocycles. The predicted octanol–water partition coefficient (Wildman–Crippen LogP) is 3.21. The number of likely N-dealkylation sites (tertiary alicyclic amines) is 1. The Labute approximate surface area is 146 Å². The van der Waals surface area contributed by atoms with Gasteiger partial charge in [-0.15, -0.1) is 0 Å². The first-order chi connectivity index (χ1) is 12.3. The van der Waals surface area contributed by atoms with Crippen molar-refractivity contribution in [1.29, 1.82) is 0 Å². The van der Waals surface area contributed by atoms with Crippen molar-refractivity contribution in [3.05, 3.63) is 59.8 Å². The van der Waals surface area contributed by atoms with Gasteiger partial charge < -0.3 is 4.52 Å². The van der Waals surface area contributed by atoms with Crippen molar-refractivity contribution in [2.24, 2.45) is 0 Å². The van der Waals surface area contributed by atoms with E-state index in [4.69, 9.17) is 4.52 Å². The molecule has 0 radical (unpaired) electrons. The summed E-state index contributed by atoms with van der Waals surface area (Å²) in [5.41, 5.74) is 2.86. The van der Waals surface area contributed by atoms with Gasteiger partial charge in [-0.05, 0) is 38.4 Å². The van der Waals surface area contributed by atoms with E-state index < -0.39 is 0 Å². The monoisotopic (exact) mass is 335 g/mol. The Bertz CT molecular complexity index is 807. The molecule has 4 rings (SSSR count). The second-order valence-electron chi connectivity index (χ2n) is 6.54. The summed E-state index contributed by atoms with van der Waals surface area (Å²) in [5, 5.41) is 4.18. The Morgan fingerprint density at radius 3 is 2.60 bits per heavy atom. The van der Waals surface area contributed by atoms with Crippen LogP contribution in [0.4, 0.5) is 0 Å². The van der Waals surface area contributed by atoms with Gasteiger partial charge in [-0.2, -0.15) is 4.98 Å². The van der Waals surface area contributed by atoms with Crippen LogP contribution in [0, 0.1) is 6.92 Å². The second kappa shape index (κ2) is 7.11. The van der Waals surface area contributed by atoms with Crippen LogP contribution < -0.4 is 0 Å². The summed E-state index contributed by atoms with van der Waals surface area (Å²) < 4.78 is 5.39. The third-order valence-electron chi connectivity index (χ3n) is 4.64. The number of aromatic nitrogens is 4. The fourth-order valence-electron chi connectivity index (χ4n) is 3.20. The molecular formula is C19H21N5O. The molecule has 1 fully saturated rings. The molecule has 0 saturated carbocycles. The van der Waals surface area contributed by atoms with Gasteiger partial charge in [0.2, 0.25) is 0 Å². The smallest absolute Gasteiger partial charge is 0.278 e. The fraction of sp³-hybridized carbons (Fsp3) is 0.368. The SMILES string of the molecule is Cc1cnc(-c2nc(C3CCN(Cc4ccccc4)CC3)no2)cn1. The zero-order valence-electron chi connectivity index (χ0n) is 14.3. The first-order valence-corrected chi connectivity index (χ1v) is 8.67. The lowest BCUT2D eigenvalue weighted by Crippen LogP contribution is -2.32. The Kier molecular flexibility index (Phi) is 4.52. The first kappa shape index (κ1) is 15.9. The van der Waals surface area contributed by atoms with E-state index in [1.54, 1.807) is 12.4 Å². The first-order valence-electron chi connectivity index (χ1n) is 8.67. The van der Waals surface area contributed by atoms with Crippen LogP contribution in [0.3, 0.4) is 0 Å². The number of benzene rings is 1. The number of piperidine rings is 1. The van der Waals surface area contributed by atoms with Gasteiger partial charge in [0.25, 0.3) is 5.89 Å². The minimum atomic E-state index is 0.350. The molecule has 1 aliphatic heterocycles. The molecule has 2 aromatic heterocycles. The van der Waals surface area contributed by atoms with E-state index in [0.717, 1.165) is 44.0 Å². The maximum absolute atomic E-state index is 5.39. The van der Waals surface area contributed by atoms with E-state index in [9.17, 15) is 0 Å². The third-order valence-corrected chi connectivity index (χ3v) is 4.64. The van der Waals surface area contributed by atoms with Crippen molar-refractivity contribution in [2.45, 2.75) is 32.2 Å². The lowest BCUT2D eigenvalue weighted by molar-refractivity contribution is 0.200. The van der Waals surface area contributed by atoms with Crippen molar-refractivity contribution < 1.29 is 4.52 Å². The number of hydrogen-bond acceptors (Lipinski definition) is 6. The molecule has 3 aromatic rings. The number of aryl methyl sites for hydroxylation is 1. The summed E-state index contributed by atoms with van der Waals surface area (Å²) in [5.74, 6) is 1.59. The molecule has 0 atom stereocenters. The summed E-state index contributed by atoms with van der Waals surface area (Å²) >= 11 is 0. The highest BCUT2D eigenvalue weighted by molar-refractivity contribution is 5.44. The molecule has 0 aliphatic carbocycles. The Morgan fingerprint density at radius 2 is 1.88 bits per heavy atom. The molecule has 1 aromatic carbocycles. The van der Waals surface area contributed by atoms with Crippen LogP contribution in [0.15, 0.2) is 47.2 Å². The highest BCUT2D eigenvalue weighted by atomic mass is 16.5. The van der Waals surface area contributed by atoms with Gasteiger partial charge in [-0.25, -0.2) is 4.98 Å². The second-order valence-corrected chi connectivity index (χ2v) is 6.54. The normalized spacial score (nSPS) is 16.2. The quantitative estimate of drug-likeness (QED) is 0.729. The summed E-state index contributed by atoms with van der Waals surface area (Å²) in [6.07, 6.45) is 5.48. The average molecular weight is 335 g/mol. The molecule has 25 heavy (non-hydrogen) atoms. The van der Waals surface area contributed by atoms with E-state index in [-0.39, 0.29) is 0 Å². The molecule has 1 aliphatic rings. The van der Waals surface area contributed by atoms with Gasteiger partial charge in [0, 0.05) is 18.7 Å². The predicted molar refractivity (Wildman–Crippen MR) is 93.8 cm³/mol. The molecule has 0 bridgehead atoms. The minimum absolute atomic E-state index is 0.350. The molecule has 0 N–H and O–H groups in total. The Hall–Kier alpha value is -2.60. The minimum Gasteiger partial charge on any atom is -0.332 e. The standard InChI is InChI=1S/C19H21N5O/c1-14-11-21-17(12-20-14)19-22-18(23-25-19)16-7-9-24(10-8-16)13-15-5-3-2-4-6-15/h2-6,11-12,16H,7-10,13H2,1H3. The van der Waals surface area contributed by atoms with Crippen molar-refractivity contribution in [1.82, 2.24) is 25.0 Å². The van der Waals surface area contributed by atoms with Crippen molar-refractivity contribution >= 4 is 0 Å². The molecule has 128 valence electrons. The highest BCUT2D eigenvalue weighted by Crippen LogP contribution is 2.28. The van der Waals surface area contributed by atoms with Crippen molar-refractivity contribution in [3.8, 4) is 11.6 Å². The summed E-state index contributed by atoms with van der Waals surface area (Å²) in [7, 11) is 0. The molecule has 6 heteroatoms. The zero-order valence-corrected chi connectivity index (χ0v) is 14.3. The van der Waals surface area contributed by atoms with E-state index in [1.165, 1.54) is 5.56 Å². The number of nitrogens with zero attached hydrogens (tertiary/aromatic N) is 5. The van der Waals surface area contributed by atoms with Gasteiger partial charge >= 0.3 is 0 Å². The lowest BCUT2D eigenvalue weighted by Gasteiger charge is -2.30. The average Bonchev–Trinajstić information content (AvgIpc) is 3.14. The molecular weight excluding hydrogens is 314 g/mol. The van der Waals surface area contributed by atoms with Gasteiger partial charge in [-0.1, -0.05) is 35.5 Å². The van der Waals surface area contributed by atoms with Crippen molar-refractivity contribution in [3.63, 3.8) is 0 Å². The summed E-state index contributed by atoms with van der Waals surface area (Å²) in [4.78, 5) is 15.6. The van der Waals surface area contributed by atoms with Crippen LogP contribution in [-0.4, -0.2) is 38.1 Å². The van der Waals surface area contributed by atoms with Crippen LogP contribution in [0.5, 0.6) is 0 Å². The van der Waals surface area contributed by atoms with Crippen LogP contribution >= 0.6 is 0 Å². The van der Waals surface area contributed by atoms with Crippen LogP contribution in [0.25, 0.3) is 11.6 Å². The van der Waals surface area contributed by atoms with Gasteiger partial charge in [-0.3, -0.25) is 9.88 Å². The molecule has 6 nitrogen and oxygen atoms in total. The van der Waals surface area contributed by atoms with E-state index in [1.807, 2.05) is 6.92 Å². The number of hydrogen-bond donors (Lipinski definition) is 0.